The van der Waals surface area contributed by atoms with Crippen molar-refractivity contribution in [1.29, 1.82) is 0 Å². The van der Waals surface area contributed by atoms with Gasteiger partial charge in [-0.25, -0.2) is 0 Å². The van der Waals surface area contributed by atoms with Crippen LogP contribution in [0.25, 0.3) is 0 Å². The van der Waals surface area contributed by atoms with E-state index in [0.717, 1.165) is 30.3 Å². The van der Waals surface area contributed by atoms with Gasteiger partial charge in [-0.15, -0.1) is 5.10 Å². The third kappa shape index (κ3) is 3.20. The minimum absolute atomic E-state index is 0.572. The monoisotopic (exact) mass is 327 g/mol. The maximum absolute atomic E-state index is 5.61. The van der Waals surface area contributed by atoms with Crippen LogP contribution < -0.4 is 19.7 Å². The number of benzene rings is 1. The molecule has 2 aromatic rings. The van der Waals surface area contributed by atoms with Crippen molar-refractivity contribution in [3.05, 3.63) is 24.4 Å². The van der Waals surface area contributed by atoms with Crippen molar-refractivity contribution in [2.45, 2.75) is 19.8 Å². The van der Waals surface area contributed by atoms with E-state index < -0.39 is 0 Å². The van der Waals surface area contributed by atoms with Gasteiger partial charge in [0, 0.05) is 24.8 Å². The predicted molar refractivity (Wildman–Crippen MR) is 91.2 cm³/mol. The molecule has 1 fully saturated rings. The van der Waals surface area contributed by atoms with Gasteiger partial charge in [-0.3, -0.25) is 0 Å². The number of hydrogen-bond acceptors (Lipinski definition) is 7. The van der Waals surface area contributed by atoms with Crippen LogP contribution in [0.2, 0.25) is 0 Å². The highest BCUT2D eigenvalue weighted by molar-refractivity contribution is 5.61. The Bertz CT molecular complexity index is 724. The molecule has 126 valence electrons. The largest absolute Gasteiger partial charge is 0.486 e. The Labute approximate surface area is 141 Å². The van der Waals surface area contributed by atoms with E-state index in [1.807, 2.05) is 18.2 Å². The van der Waals surface area contributed by atoms with E-state index in [-0.39, 0.29) is 0 Å². The Hall–Kier alpha value is -2.57. The van der Waals surface area contributed by atoms with Crippen molar-refractivity contribution >= 4 is 17.5 Å². The van der Waals surface area contributed by atoms with E-state index in [1.165, 1.54) is 12.8 Å². The van der Waals surface area contributed by atoms with Gasteiger partial charge in [0.25, 0.3) is 0 Å². The molecule has 4 rings (SSSR count). The quantitative estimate of drug-likeness (QED) is 0.929. The molecule has 1 aromatic heterocycles. The van der Waals surface area contributed by atoms with Crippen LogP contribution in [0.5, 0.6) is 11.5 Å². The Balaban J connectivity index is 1.51. The lowest BCUT2D eigenvalue weighted by Gasteiger charge is -2.30. The topological polar surface area (TPSA) is 72.4 Å². The lowest BCUT2D eigenvalue weighted by molar-refractivity contribution is 0.171. The Morgan fingerprint density at radius 3 is 2.96 bits per heavy atom. The van der Waals surface area contributed by atoms with Gasteiger partial charge in [0.15, 0.2) is 17.3 Å². The summed E-state index contributed by atoms with van der Waals surface area (Å²) in [6.07, 6.45) is 4.07. The minimum atomic E-state index is 0.572. The Kier molecular flexibility index (Phi) is 4.06. The predicted octanol–water partition coefficient (Wildman–Crippen LogP) is 2.62. The number of hydrogen-bond donors (Lipinski definition) is 1. The third-order valence-corrected chi connectivity index (χ3v) is 4.30. The molecule has 0 saturated carbocycles. The van der Waals surface area contributed by atoms with Crippen molar-refractivity contribution in [2.75, 3.05) is 36.5 Å². The highest BCUT2D eigenvalue weighted by Crippen LogP contribution is 2.33. The second kappa shape index (κ2) is 6.51. The zero-order valence-electron chi connectivity index (χ0n) is 13.7. The molecule has 0 aliphatic carbocycles. The fraction of sp³-hybridized carbons (Fsp3) is 0.471. The van der Waals surface area contributed by atoms with Crippen LogP contribution in [0.15, 0.2) is 24.4 Å². The van der Waals surface area contributed by atoms with Crippen LogP contribution in [0, 0.1) is 5.92 Å². The molecule has 24 heavy (non-hydrogen) atoms. The Morgan fingerprint density at radius 1 is 1.21 bits per heavy atom. The molecule has 1 atom stereocenters. The highest BCUT2D eigenvalue weighted by atomic mass is 16.6. The molecule has 7 nitrogen and oxygen atoms in total. The highest BCUT2D eigenvalue weighted by Gasteiger charge is 2.19. The molecule has 1 saturated heterocycles. The third-order valence-electron chi connectivity index (χ3n) is 4.30. The van der Waals surface area contributed by atoms with E-state index in [9.17, 15) is 0 Å². The molecule has 3 heterocycles. The van der Waals surface area contributed by atoms with Crippen molar-refractivity contribution in [1.82, 2.24) is 15.2 Å². The zero-order valence-corrected chi connectivity index (χ0v) is 13.7. The summed E-state index contributed by atoms with van der Waals surface area (Å²) in [4.78, 5) is 6.81. The summed E-state index contributed by atoms with van der Waals surface area (Å²) < 4.78 is 11.2. The normalized spacial score (nSPS) is 19.9. The van der Waals surface area contributed by atoms with Gasteiger partial charge >= 0.3 is 0 Å². The van der Waals surface area contributed by atoms with Gasteiger partial charge < -0.3 is 19.7 Å². The first kappa shape index (κ1) is 15.0. The summed E-state index contributed by atoms with van der Waals surface area (Å²) in [5, 5.41) is 11.6. The van der Waals surface area contributed by atoms with Crippen molar-refractivity contribution in [2.24, 2.45) is 5.92 Å². The minimum Gasteiger partial charge on any atom is -0.486 e. The molecule has 1 aromatic carbocycles. The fourth-order valence-electron chi connectivity index (χ4n) is 3.13. The van der Waals surface area contributed by atoms with Gasteiger partial charge in [-0.2, -0.15) is 10.1 Å². The van der Waals surface area contributed by atoms with E-state index >= 15 is 0 Å². The number of anilines is 3. The number of nitrogens with one attached hydrogen (secondary N) is 1. The van der Waals surface area contributed by atoms with Gasteiger partial charge in [0.2, 0.25) is 5.95 Å². The van der Waals surface area contributed by atoms with Gasteiger partial charge in [-0.05, 0) is 30.9 Å². The number of rotatable bonds is 3. The second-order valence-corrected chi connectivity index (χ2v) is 6.32. The van der Waals surface area contributed by atoms with Crippen LogP contribution in [-0.4, -0.2) is 41.5 Å². The first-order chi connectivity index (χ1) is 11.8. The van der Waals surface area contributed by atoms with E-state index in [1.54, 1.807) is 6.20 Å². The van der Waals surface area contributed by atoms with Gasteiger partial charge in [0.1, 0.15) is 13.2 Å². The Morgan fingerprint density at radius 2 is 2.08 bits per heavy atom. The molecule has 0 spiro atoms. The number of fused-ring (bicyclic) bond motifs is 1. The molecular formula is C17H21N5O2. The average molecular weight is 327 g/mol. The molecule has 2 aliphatic heterocycles. The number of piperidine rings is 1. The molecule has 1 N–H and O–H groups in total. The smallest absolute Gasteiger partial charge is 0.247 e. The average Bonchev–Trinajstić information content (AvgIpc) is 2.62. The fourth-order valence-corrected chi connectivity index (χ4v) is 3.13. The molecule has 0 bridgehead atoms. The maximum Gasteiger partial charge on any atom is 0.247 e. The summed E-state index contributed by atoms with van der Waals surface area (Å²) in [5.74, 6) is 3.55. The molecule has 0 amide bonds. The summed E-state index contributed by atoms with van der Waals surface area (Å²) in [7, 11) is 0. The van der Waals surface area contributed by atoms with Crippen LogP contribution in [0.1, 0.15) is 19.8 Å². The summed E-state index contributed by atoms with van der Waals surface area (Å²) >= 11 is 0. The molecule has 0 radical (unpaired) electrons. The lowest BCUT2D eigenvalue weighted by Crippen LogP contribution is -2.35. The van der Waals surface area contributed by atoms with E-state index in [2.05, 4.69) is 32.3 Å². The second-order valence-electron chi connectivity index (χ2n) is 6.32. The SMILES string of the molecule is CC1CCCN(c2nncc(Nc3ccc4c(c3)OCCO4)n2)C1. The number of aromatic nitrogens is 3. The van der Waals surface area contributed by atoms with Crippen LogP contribution >= 0.6 is 0 Å². The lowest BCUT2D eigenvalue weighted by atomic mass is 10.0. The number of ether oxygens (including phenoxy) is 2. The van der Waals surface area contributed by atoms with Crippen molar-refractivity contribution in [3.63, 3.8) is 0 Å². The molecule has 7 heteroatoms. The first-order valence-electron chi connectivity index (χ1n) is 8.39. The maximum atomic E-state index is 5.61. The van der Waals surface area contributed by atoms with Crippen molar-refractivity contribution < 1.29 is 9.47 Å². The summed E-state index contributed by atoms with van der Waals surface area (Å²) in [5.41, 5.74) is 0.887. The standard InChI is InChI=1S/C17H21N5O2/c1-12-3-2-6-22(11-12)17-20-16(10-18-21-17)19-13-4-5-14-15(9-13)24-8-7-23-14/h4-5,9-10,12H,2-3,6-8,11H2,1H3,(H,19,20,21). The van der Waals surface area contributed by atoms with E-state index in [4.69, 9.17) is 9.47 Å². The van der Waals surface area contributed by atoms with Gasteiger partial charge in [0.05, 0.1) is 6.20 Å². The number of nitrogens with zero attached hydrogens (tertiary/aromatic N) is 4. The molecule has 2 aliphatic rings. The molecule has 1 unspecified atom stereocenters. The molecular weight excluding hydrogens is 306 g/mol. The summed E-state index contributed by atoms with van der Waals surface area (Å²) in [6.45, 7) is 5.39. The van der Waals surface area contributed by atoms with Gasteiger partial charge in [-0.1, -0.05) is 6.92 Å². The van der Waals surface area contributed by atoms with Crippen LogP contribution in [0.3, 0.4) is 0 Å². The zero-order chi connectivity index (χ0) is 16.4. The van der Waals surface area contributed by atoms with Crippen molar-refractivity contribution in [3.8, 4) is 11.5 Å². The van der Waals surface area contributed by atoms with Crippen LogP contribution in [-0.2, 0) is 0 Å². The van der Waals surface area contributed by atoms with Crippen LogP contribution in [0.4, 0.5) is 17.5 Å². The first-order valence-corrected chi connectivity index (χ1v) is 8.39. The van der Waals surface area contributed by atoms with E-state index in [0.29, 0.717) is 30.9 Å². The summed E-state index contributed by atoms with van der Waals surface area (Å²) in [6, 6.07) is 5.76.